The fraction of sp³-hybridized carbons (Fsp3) is 0.125. The average molecular weight is 433 g/mol. The summed E-state index contributed by atoms with van der Waals surface area (Å²) in [6.45, 7) is 1.94. The van der Waals surface area contributed by atoms with Crippen LogP contribution in [0.25, 0.3) is 0 Å². The van der Waals surface area contributed by atoms with Crippen LogP contribution in [0.1, 0.15) is 26.7 Å². The van der Waals surface area contributed by atoms with Gasteiger partial charge in [-0.25, -0.2) is 0 Å². The number of rotatable bonds is 4. The van der Waals surface area contributed by atoms with Gasteiger partial charge < -0.3 is 5.32 Å². The molecule has 0 radical (unpaired) electrons. The summed E-state index contributed by atoms with van der Waals surface area (Å²) in [5.74, 6) is -0.515. The lowest BCUT2D eigenvalue weighted by molar-refractivity contribution is -0.119. The van der Waals surface area contributed by atoms with E-state index in [2.05, 4.69) is 5.32 Å². The first-order valence-corrected chi connectivity index (χ1v) is 10.9. The van der Waals surface area contributed by atoms with Crippen molar-refractivity contribution in [1.82, 2.24) is 5.32 Å². The predicted octanol–water partition coefficient (Wildman–Crippen LogP) is 4.90. The minimum absolute atomic E-state index is 0.230. The summed E-state index contributed by atoms with van der Waals surface area (Å²) in [4.78, 5) is 28.1. The van der Waals surface area contributed by atoms with Gasteiger partial charge in [0.15, 0.2) is 0 Å². The average Bonchev–Trinajstić information content (AvgIpc) is 2.78. The third-order valence-corrected chi connectivity index (χ3v) is 6.66. The van der Waals surface area contributed by atoms with Crippen molar-refractivity contribution in [2.45, 2.75) is 18.2 Å². The van der Waals surface area contributed by atoms with E-state index in [4.69, 9.17) is 12.2 Å². The van der Waals surface area contributed by atoms with Crippen LogP contribution in [0, 0.1) is 6.92 Å². The highest BCUT2D eigenvalue weighted by Crippen LogP contribution is 2.41. The summed E-state index contributed by atoms with van der Waals surface area (Å²) in [6.07, 6.45) is 0. The summed E-state index contributed by atoms with van der Waals surface area (Å²) in [7, 11) is 0. The van der Waals surface area contributed by atoms with Gasteiger partial charge in [-0.2, -0.15) is 0 Å². The van der Waals surface area contributed by atoms with Crippen LogP contribution in [-0.4, -0.2) is 22.2 Å². The second-order valence-corrected chi connectivity index (χ2v) is 8.77. The van der Waals surface area contributed by atoms with Crippen LogP contribution in [0.5, 0.6) is 0 Å². The van der Waals surface area contributed by atoms with Gasteiger partial charge in [-0.3, -0.25) is 14.5 Å². The van der Waals surface area contributed by atoms with Crippen molar-refractivity contribution in [3.63, 3.8) is 0 Å². The molecule has 30 heavy (non-hydrogen) atoms. The molecular formula is C24H20N2O2S2. The molecule has 3 aromatic rings. The number of carbonyl (C=O) groups excluding carboxylic acids is 2. The first kappa shape index (κ1) is 20.3. The molecule has 1 N–H and O–H groups in total. The molecular weight excluding hydrogens is 412 g/mol. The minimum Gasteiger partial charge on any atom is -0.339 e. The van der Waals surface area contributed by atoms with Crippen molar-refractivity contribution < 1.29 is 9.59 Å². The highest BCUT2D eigenvalue weighted by molar-refractivity contribution is 8.23. The number of anilines is 1. The maximum Gasteiger partial charge on any atom is 0.256 e. The van der Waals surface area contributed by atoms with Crippen LogP contribution >= 0.6 is 24.0 Å². The van der Waals surface area contributed by atoms with E-state index in [1.807, 2.05) is 67.6 Å². The van der Waals surface area contributed by atoms with Crippen molar-refractivity contribution in [3.8, 4) is 0 Å². The van der Waals surface area contributed by atoms with Crippen molar-refractivity contribution in [1.29, 1.82) is 0 Å². The molecule has 1 heterocycles. The van der Waals surface area contributed by atoms with E-state index in [9.17, 15) is 9.59 Å². The van der Waals surface area contributed by atoms with E-state index < -0.39 is 6.04 Å². The topological polar surface area (TPSA) is 49.4 Å². The third-order valence-electron chi connectivity index (χ3n) is 5.01. The number of hydrogen-bond acceptors (Lipinski definition) is 4. The fourth-order valence-electron chi connectivity index (χ4n) is 3.47. The summed E-state index contributed by atoms with van der Waals surface area (Å²) in [5, 5.41) is 2.66. The molecule has 3 aromatic carbocycles. The number of amides is 2. The van der Waals surface area contributed by atoms with Crippen LogP contribution in [0.4, 0.5) is 5.69 Å². The molecule has 150 valence electrons. The molecule has 0 aromatic heterocycles. The van der Waals surface area contributed by atoms with Crippen LogP contribution in [0.15, 0.2) is 84.9 Å². The SMILES string of the molecule is Cc1ccccc1N1C(=O)[C@@H](NC(=O)c2ccccc2)[C@@H](c2ccccc2)SC1=S. The van der Waals surface area contributed by atoms with Gasteiger partial charge in [-0.05, 0) is 36.2 Å². The molecule has 2 amide bonds. The largest absolute Gasteiger partial charge is 0.339 e. The number of nitrogens with one attached hydrogen (secondary N) is 1. The number of aryl methyl sites for hydroxylation is 1. The maximum atomic E-state index is 13.6. The van der Waals surface area contributed by atoms with Gasteiger partial charge in [0.2, 0.25) is 0 Å². The lowest BCUT2D eigenvalue weighted by Crippen LogP contribution is -2.56. The number of thioether (sulfide) groups is 1. The summed E-state index contributed by atoms with van der Waals surface area (Å²) in [5.41, 5.74) is 3.14. The second-order valence-electron chi connectivity index (χ2n) is 6.99. The molecule has 1 saturated heterocycles. The Morgan fingerprint density at radius 1 is 0.933 bits per heavy atom. The van der Waals surface area contributed by atoms with Crippen LogP contribution in [0.3, 0.4) is 0 Å². The van der Waals surface area contributed by atoms with E-state index in [0.717, 1.165) is 16.8 Å². The molecule has 0 aliphatic carbocycles. The zero-order valence-electron chi connectivity index (χ0n) is 16.3. The van der Waals surface area contributed by atoms with Gasteiger partial charge in [-0.15, -0.1) is 0 Å². The van der Waals surface area contributed by atoms with Crippen LogP contribution in [0.2, 0.25) is 0 Å². The Bertz CT molecular complexity index is 1090. The van der Waals surface area contributed by atoms with E-state index in [1.54, 1.807) is 29.2 Å². The van der Waals surface area contributed by atoms with Crippen molar-refractivity contribution in [2.24, 2.45) is 0 Å². The number of carbonyl (C=O) groups is 2. The molecule has 0 unspecified atom stereocenters. The van der Waals surface area contributed by atoms with E-state index in [-0.39, 0.29) is 17.1 Å². The first-order valence-electron chi connectivity index (χ1n) is 9.57. The van der Waals surface area contributed by atoms with Gasteiger partial charge in [0.05, 0.1) is 10.9 Å². The molecule has 4 rings (SSSR count). The lowest BCUT2D eigenvalue weighted by Gasteiger charge is -2.38. The van der Waals surface area contributed by atoms with Gasteiger partial charge in [0.25, 0.3) is 11.8 Å². The van der Waals surface area contributed by atoms with Gasteiger partial charge in [-0.1, -0.05) is 90.7 Å². The number of nitrogens with zero attached hydrogens (tertiary/aromatic N) is 1. The highest BCUT2D eigenvalue weighted by Gasteiger charge is 2.43. The standard InChI is InChI=1S/C24H20N2O2S2/c1-16-10-8-9-15-19(16)26-23(28)20(25-22(27)18-13-6-3-7-14-18)21(30-24(26)29)17-11-4-2-5-12-17/h2-15,20-21H,1H3,(H,25,27)/t20-,21+/m0/s1. The highest BCUT2D eigenvalue weighted by atomic mass is 32.2. The Kier molecular flexibility index (Phi) is 5.97. The summed E-state index contributed by atoms with van der Waals surface area (Å²) in [6, 6.07) is 25.5. The van der Waals surface area contributed by atoms with E-state index >= 15 is 0 Å². The maximum absolute atomic E-state index is 13.6. The molecule has 1 fully saturated rings. The number of hydrogen-bond donors (Lipinski definition) is 1. The van der Waals surface area contributed by atoms with Crippen LogP contribution in [-0.2, 0) is 4.79 Å². The van der Waals surface area contributed by atoms with Crippen molar-refractivity contribution in [2.75, 3.05) is 4.90 Å². The Hall–Kier alpha value is -2.96. The zero-order valence-corrected chi connectivity index (χ0v) is 18.0. The zero-order chi connectivity index (χ0) is 21.1. The summed E-state index contributed by atoms with van der Waals surface area (Å²) < 4.78 is 0.480. The van der Waals surface area contributed by atoms with E-state index in [0.29, 0.717) is 9.88 Å². The number of para-hydroxylation sites is 1. The Morgan fingerprint density at radius 2 is 1.53 bits per heavy atom. The Morgan fingerprint density at radius 3 is 2.20 bits per heavy atom. The van der Waals surface area contributed by atoms with Gasteiger partial charge in [0.1, 0.15) is 10.4 Å². The van der Waals surface area contributed by atoms with Crippen LogP contribution < -0.4 is 10.2 Å². The van der Waals surface area contributed by atoms with Crippen molar-refractivity contribution in [3.05, 3.63) is 102 Å². The van der Waals surface area contributed by atoms with Gasteiger partial charge in [0, 0.05) is 5.56 Å². The molecule has 4 nitrogen and oxygen atoms in total. The smallest absolute Gasteiger partial charge is 0.256 e. The van der Waals surface area contributed by atoms with E-state index in [1.165, 1.54) is 11.8 Å². The fourth-order valence-corrected chi connectivity index (χ4v) is 5.10. The van der Waals surface area contributed by atoms with Crippen molar-refractivity contribution >= 4 is 45.8 Å². The predicted molar refractivity (Wildman–Crippen MR) is 126 cm³/mol. The number of thiocarbonyl (C=S) groups is 1. The Balaban J connectivity index is 1.72. The molecule has 1 aliphatic heterocycles. The molecule has 6 heteroatoms. The number of benzene rings is 3. The third kappa shape index (κ3) is 4.01. The lowest BCUT2D eigenvalue weighted by atomic mass is 10.0. The summed E-state index contributed by atoms with van der Waals surface area (Å²) >= 11 is 7.06. The monoisotopic (exact) mass is 432 g/mol. The quantitative estimate of drug-likeness (QED) is 0.596. The molecule has 0 saturated carbocycles. The first-order chi connectivity index (χ1) is 14.6. The molecule has 2 atom stereocenters. The molecule has 0 bridgehead atoms. The van der Waals surface area contributed by atoms with Gasteiger partial charge >= 0.3 is 0 Å². The molecule has 0 spiro atoms. The Labute approximate surface area is 185 Å². The normalized spacial score (nSPS) is 18.9. The minimum atomic E-state index is -0.753. The second kappa shape index (κ2) is 8.81. The molecule has 1 aliphatic rings.